The lowest BCUT2D eigenvalue weighted by molar-refractivity contribution is 0.00123. The fraction of sp³-hybridized carbons (Fsp3) is 0.333. The zero-order chi connectivity index (χ0) is 12.9. The van der Waals surface area contributed by atoms with Crippen LogP contribution in [0.15, 0.2) is 17.5 Å². The molecule has 0 spiro atoms. The quantitative estimate of drug-likeness (QED) is 0.828. The molecule has 0 saturated carbocycles. The fourth-order valence-corrected chi connectivity index (χ4v) is 1.88. The number of rotatable bonds is 5. The van der Waals surface area contributed by atoms with Crippen LogP contribution in [0.5, 0.6) is 0 Å². The molecule has 0 unspecified atom stereocenters. The average Bonchev–Trinajstić information content (AvgIpc) is 2.77. The molecule has 8 heteroatoms. The molecule has 0 saturated heterocycles. The van der Waals surface area contributed by atoms with Gasteiger partial charge in [-0.1, -0.05) is 6.07 Å². The van der Waals surface area contributed by atoms with Crippen molar-refractivity contribution in [2.45, 2.75) is 5.67 Å². The number of nitrogens with two attached hydrogens (primary N) is 2. The van der Waals surface area contributed by atoms with Gasteiger partial charge >= 0.3 is 12.2 Å². The topological polar surface area (TPSA) is 105 Å². The summed E-state index contributed by atoms with van der Waals surface area (Å²) in [6, 6.07) is 3.10. The van der Waals surface area contributed by atoms with E-state index in [1.165, 1.54) is 6.07 Å². The van der Waals surface area contributed by atoms with Crippen LogP contribution >= 0.6 is 11.3 Å². The van der Waals surface area contributed by atoms with E-state index in [-0.39, 0.29) is 4.88 Å². The molecule has 0 aliphatic rings. The Morgan fingerprint density at radius 2 is 1.82 bits per heavy atom. The van der Waals surface area contributed by atoms with Crippen molar-refractivity contribution in [1.29, 1.82) is 0 Å². The maximum atomic E-state index is 14.4. The van der Waals surface area contributed by atoms with Crippen LogP contribution in [-0.2, 0) is 15.1 Å². The van der Waals surface area contributed by atoms with Gasteiger partial charge in [-0.2, -0.15) is 0 Å². The maximum absolute atomic E-state index is 14.4. The number of amides is 2. The van der Waals surface area contributed by atoms with E-state index in [4.69, 9.17) is 11.5 Å². The first kappa shape index (κ1) is 13.2. The van der Waals surface area contributed by atoms with Gasteiger partial charge in [0, 0.05) is 4.88 Å². The van der Waals surface area contributed by atoms with Crippen molar-refractivity contribution in [1.82, 2.24) is 0 Å². The van der Waals surface area contributed by atoms with Gasteiger partial charge in [-0.3, -0.25) is 0 Å². The summed E-state index contributed by atoms with van der Waals surface area (Å²) in [6.45, 7) is -1.29. The van der Waals surface area contributed by atoms with Crippen LogP contribution in [0.2, 0.25) is 0 Å². The van der Waals surface area contributed by atoms with Crippen LogP contribution in [0.25, 0.3) is 0 Å². The van der Waals surface area contributed by atoms with Gasteiger partial charge in [0.05, 0.1) is 0 Å². The van der Waals surface area contributed by atoms with Crippen molar-refractivity contribution in [3.8, 4) is 0 Å². The number of ether oxygens (including phenoxy) is 2. The highest BCUT2D eigenvalue weighted by Gasteiger charge is 2.36. The predicted octanol–water partition coefficient (Wildman–Crippen LogP) is 1.10. The molecule has 0 aliphatic carbocycles. The molecule has 17 heavy (non-hydrogen) atoms. The van der Waals surface area contributed by atoms with Crippen molar-refractivity contribution in [2.75, 3.05) is 13.2 Å². The Kier molecular flexibility index (Phi) is 4.27. The molecule has 1 rings (SSSR count). The fourth-order valence-electron chi connectivity index (χ4n) is 1.09. The van der Waals surface area contributed by atoms with E-state index < -0.39 is 31.1 Å². The van der Waals surface area contributed by atoms with Gasteiger partial charge in [0.1, 0.15) is 13.2 Å². The molecule has 0 bridgehead atoms. The molecule has 1 aromatic rings. The number of hydrogen-bond donors (Lipinski definition) is 2. The third-order valence-corrected chi connectivity index (χ3v) is 2.90. The lowest BCUT2D eigenvalue weighted by atomic mass is 10.1. The number of primary amides is 2. The summed E-state index contributed by atoms with van der Waals surface area (Å²) in [6.07, 6.45) is -2.22. The van der Waals surface area contributed by atoms with Gasteiger partial charge in [-0.25, -0.2) is 14.0 Å². The van der Waals surface area contributed by atoms with E-state index in [1.54, 1.807) is 11.4 Å². The van der Waals surface area contributed by atoms with Gasteiger partial charge in [0.2, 0.25) is 5.67 Å². The molecule has 0 fully saturated rings. The van der Waals surface area contributed by atoms with Crippen LogP contribution < -0.4 is 11.5 Å². The monoisotopic (exact) mass is 262 g/mol. The second-order valence-electron chi connectivity index (χ2n) is 3.16. The van der Waals surface area contributed by atoms with Gasteiger partial charge < -0.3 is 20.9 Å². The Hall–Kier alpha value is -1.83. The lowest BCUT2D eigenvalue weighted by Gasteiger charge is -2.22. The number of hydrogen-bond acceptors (Lipinski definition) is 5. The molecule has 0 atom stereocenters. The standard InChI is InChI=1S/C9H11FN2O4S/c10-9(4-15-7(11)13,5-16-8(12)14)6-2-1-3-17-6/h1-3H,4-5H2,(H2,11,13)(H2,12,14). The number of thiophene rings is 1. The predicted molar refractivity (Wildman–Crippen MR) is 58.2 cm³/mol. The Bertz CT molecular complexity index is 378. The van der Waals surface area contributed by atoms with Gasteiger partial charge in [0.25, 0.3) is 0 Å². The van der Waals surface area contributed by atoms with Crippen molar-refractivity contribution in [3.05, 3.63) is 22.4 Å². The zero-order valence-corrected chi connectivity index (χ0v) is 9.54. The van der Waals surface area contributed by atoms with Gasteiger partial charge in [-0.15, -0.1) is 11.3 Å². The van der Waals surface area contributed by atoms with E-state index in [0.717, 1.165) is 11.3 Å². The Morgan fingerprint density at radius 3 is 2.18 bits per heavy atom. The lowest BCUT2D eigenvalue weighted by Crippen LogP contribution is -2.35. The van der Waals surface area contributed by atoms with Gasteiger partial charge in [-0.05, 0) is 11.4 Å². The first-order valence-corrected chi connectivity index (χ1v) is 5.39. The summed E-state index contributed by atoms with van der Waals surface area (Å²) in [7, 11) is 0. The second-order valence-corrected chi connectivity index (χ2v) is 4.11. The number of carbonyl (C=O) groups is 2. The minimum Gasteiger partial charge on any atom is -0.446 e. The van der Waals surface area contributed by atoms with Gasteiger partial charge in [0.15, 0.2) is 0 Å². The smallest absolute Gasteiger partial charge is 0.404 e. The molecule has 0 aliphatic heterocycles. The van der Waals surface area contributed by atoms with Crippen molar-refractivity contribution in [2.24, 2.45) is 11.5 Å². The second kappa shape index (κ2) is 5.48. The number of carbonyl (C=O) groups excluding carboxylic acids is 2. The summed E-state index contributed by atoms with van der Waals surface area (Å²) in [5.74, 6) is 0. The van der Waals surface area contributed by atoms with Crippen molar-refractivity contribution >= 4 is 23.5 Å². The molecule has 1 aromatic heterocycles. The minimum atomic E-state index is -2.14. The largest absolute Gasteiger partial charge is 0.446 e. The highest BCUT2D eigenvalue weighted by atomic mass is 32.1. The molecule has 0 radical (unpaired) electrons. The van der Waals surface area contributed by atoms with Crippen molar-refractivity contribution in [3.63, 3.8) is 0 Å². The third-order valence-electron chi connectivity index (χ3n) is 1.85. The highest BCUT2D eigenvalue weighted by molar-refractivity contribution is 7.10. The maximum Gasteiger partial charge on any atom is 0.404 e. The van der Waals surface area contributed by atoms with Crippen LogP contribution in [0.4, 0.5) is 14.0 Å². The van der Waals surface area contributed by atoms with Crippen LogP contribution in [0.3, 0.4) is 0 Å². The Morgan fingerprint density at radius 1 is 1.29 bits per heavy atom. The van der Waals surface area contributed by atoms with Crippen LogP contribution in [0, 0.1) is 0 Å². The summed E-state index contributed by atoms with van der Waals surface area (Å²) in [5, 5.41) is 1.64. The first-order chi connectivity index (χ1) is 7.94. The van der Waals surface area contributed by atoms with E-state index in [2.05, 4.69) is 9.47 Å². The Balaban J connectivity index is 2.76. The number of alkyl halides is 1. The molecular weight excluding hydrogens is 251 g/mol. The zero-order valence-electron chi connectivity index (χ0n) is 8.72. The summed E-state index contributed by atoms with van der Waals surface area (Å²) in [5.41, 5.74) is 7.36. The first-order valence-electron chi connectivity index (χ1n) is 4.51. The normalized spacial score (nSPS) is 10.9. The molecule has 0 aromatic carbocycles. The van der Waals surface area contributed by atoms with E-state index in [0.29, 0.717) is 0 Å². The van der Waals surface area contributed by atoms with E-state index in [9.17, 15) is 14.0 Å². The molecule has 2 amide bonds. The SMILES string of the molecule is NC(=O)OCC(F)(COC(N)=O)c1cccs1. The van der Waals surface area contributed by atoms with Crippen LogP contribution in [0.1, 0.15) is 4.88 Å². The summed E-state index contributed by atoms with van der Waals surface area (Å²) in [4.78, 5) is 21.2. The molecule has 94 valence electrons. The number of halogens is 1. The molecule has 4 N–H and O–H groups in total. The van der Waals surface area contributed by atoms with Crippen molar-refractivity contribution < 1.29 is 23.5 Å². The molecule has 1 heterocycles. The minimum absolute atomic E-state index is 0.250. The van der Waals surface area contributed by atoms with E-state index in [1.807, 2.05) is 0 Å². The van der Waals surface area contributed by atoms with Crippen LogP contribution in [-0.4, -0.2) is 25.4 Å². The third kappa shape index (κ3) is 3.91. The molecule has 6 nitrogen and oxygen atoms in total. The molecular formula is C9H11FN2O4S. The Labute approximate surface area is 100 Å². The summed E-state index contributed by atoms with van der Waals surface area (Å²) >= 11 is 1.09. The van der Waals surface area contributed by atoms with E-state index >= 15 is 0 Å². The highest BCUT2D eigenvalue weighted by Crippen LogP contribution is 2.30. The average molecular weight is 262 g/mol. The summed E-state index contributed by atoms with van der Waals surface area (Å²) < 4.78 is 23.2.